The molecular weight excluding hydrogens is 224 g/mol. The summed E-state index contributed by atoms with van der Waals surface area (Å²) in [7, 11) is 0. The zero-order valence-corrected chi connectivity index (χ0v) is 12.5. The average molecular weight is 252 g/mol. The molecule has 0 aromatic carbocycles. The van der Waals surface area contributed by atoms with Crippen molar-refractivity contribution in [2.24, 2.45) is 22.4 Å². The van der Waals surface area contributed by atoms with E-state index in [0.29, 0.717) is 5.41 Å². The van der Waals surface area contributed by atoms with Crippen LogP contribution in [0.3, 0.4) is 0 Å². The quantitative estimate of drug-likeness (QED) is 0.603. The number of nitrogens with one attached hydrogen (secondary N) is 1. The fourth-order valence-corrected chi connectivity index (χ4v) is 2.75. The molecule has 3 heteroatoms. The smallest absolute Gasteiger partial charge is 0.243 e. The summed E-state index contributed by atoms with van der Waals surface area (Å²) in [5.41, 5.74) is 3.96. The van der Waals surface area contributed by atoms with Gasteiger partial charge in [0.2, 0.25) is 5.91 Å². The Morgan fingerprint density at radius 3 is 2.17 bits per heavy atom. The number of nitrogens with zero attached hydrogens (tertiary/aromatic N) is 1. The van der Waals surface area contributed by atoms with E-state index in [2.05, 4.69) is 31.3 Å². The standard InChI is InChI=1S/C15H28N2O/c1-11(2)16-17-14(18)13-8-6-12(7-9-13)10-15(3,4)5/h12-13H,6-10H2,1-5H3,(H,17,18). The van der Waals surface area contributed by atoms with Gasteiger partial charge in [-0.05, 0) is 57.3 Å². The van der Waals surface area contributed by atoms with Gasteiger partial charge in [-0.3, -0.25) is 4.79 Å². The molecular formula is C15H28N2O. The van der Waals surface area contributed by atoms with E-state index in [1.54, 1.807) is 0 Å². The van der Waals surface area contributed by atoms with Gasteiger partial charge in [0.25, 0.3) is 0 Å². The number of rotatable bonds is 3. The minimum absolute atomic E-state index is 0.102. The summed E-state index contributed by atoms with van der Waals surface area (Å²) in [5, 5.41) is 4.00. The Hall–Kier alpha value is -0.860. The van der Waals surface area contributed by atoms with Crippen LogP contribution in [0.5, 0.6) is 0 Å². The van der Waals surface area contributed by atoms with Gasteiger partial charge in [0.1, 0.15) is 0 Å². The molecule has 0 aromatic rings. The van der Waals surface area contributed by atoms with Crippen LogP contribution in [-0.4, -0.2) is 11.6 Å². The van der Waals surface area contributed by atoms with Gasteiger partial charge in [0.15, 0.2) is 0 Å². The molecule has 18 heavy (non-hydrogen) atoms. The number of hydrogen-bond donors (Lipinski definition) is 1. The highest BCUT2D eigenvalue weighted by Gasteiger charge is 2.28. The molecule has 1 rings (SSSR count). The second-order valence-corrected chi connectivity index (χ2v) is 7.02. The van der Waals surface area contributed by atoms with Gasteiger partial charge in [0.05, 0.1) is 0 Å². The lowest BCUT2D eigenvalue weighted by atomic mass is 9.74. The lowest BCUT2D eigenvalue weighted by Crippen LogP contribution is -2.31. The predicted octanol–water partition coefficient (Wildman–Crippen LogP) is 3.74. The first kappa shape index (κ1) is 15.2. The first-order chi connectivity index (χ1) is 8.28. The van der Waals surface area contributed by atoms with Gasteiger partial charge < -0.3 is 0 Å². The van der Waals surface area contributed by atoms with Gasteiger partial charge in [-0.1, -0.05) is 20.8 Å². The maximum absolute atomic E-state index is 11.9. The molecule has 0 atom stereocenters. The molecule has 0 unspecified atom stereocenters. The molecule has 0 aliphatic heterocycles. The van der Waals surface area contributed by atoms with Crippen LogP contribution in [0.2, 0.25) is 0 Å². The fraction of sp³-hybridized carbons (Fsp3) is 0.867. The summed E-state index contributed by atoms with van der Waals surface area (Å²) in [6.45, 7) is 10.7. The van der Waals surface area contributed by atoms with Crippen molar-refractivity contribution >= 4 is 11.6 Å². The minimum Gasteiger partial charge on any atom is -0.273 e. The number of carbonyl (C=O) groups excluding carboxylic acids is 1. The van der Waals surface area contributed by atoms with Crippen LogP contribution >= 0.6 is 0 Å². The molecule has 1 aliphatic carbocycles. The number of hydrogen-bond acceptors (Lipinski definition) is 2. The van der Waals surface area contributed by atoms with Crippen LogP contribution in [0.25, 0.3) is 0 Å². The normalized spacial score (nSPS) is 24.5. The fourth-order valence-electron chi connectivity index (χ4n) is 2.75. The molecule has 1 aliphatic rings. The monoisotopic (exact) mass is 252 g/mol. The van der Waals surface area contributed by atoms with Crippen molar-refractivity contribution in [1.82, 2.24) is 5.43 Å². The molecule has 0 heterocycles. The number of carbonyl (C=O) groups is 1. The van der Waals surface area contributed by atoms with Crippen molar-refractivity contribution in [3.05, 3.63) is 0 Å². The van der Waals surface area contributed by atoms with Crippen LogP contribution < -0.4 is 5.43 Å². The maximum Gasteiger partial charge on any atom is 0.243 e. The third kappa shape index (κ3) is 5.65. The van der Waals surface area contributed by atoms with Crippen molar-refractivity contribution in [3.8, 4) is 0 Å². The molecule has 3 nitrogen and oxygen atoms in total. The zero-order chi connectivity index (χ0) is 13.8. The Morgan fingerprint density at radius 1 is 1.17 bits per heavy atom. The molecule has 104 valence electrons. The van der Waals surface area contributed by atoms with E-state index in [1.165, 1.54) is 19.3 Å². The van der Waals surface area contributed by atoms with E-state index in [4.69, 9.17) is 0 Å². The largest absolute Gasteiger partial charge is 0.273 e. The van der Waals surface area contributed by atoms with Crippen LogP contribution in [0.1, 0.15) is 66.7 Å². The lowest BCUT2D eigenvalue weighted by molar-refractivity contribution is -0.126. The van der Waals surface area contributed by atoms with Gasteiger partial charge in [0, 0.05) is 11.6 Å². The topological polar surface area (TPSA) is 41.5 Å². The van der Waals surface area contributed by atoms with Crippen molar-refractivity contribution in [3.63, 3.8) is 0 Å². The highest BCUT2D eigenvalue weighted by Crippen LogP contribution is 2.36. The first-order valence-corrected chi connectivity index (χ1v) is 7.08. The Bertz CT molecular complexity index is 303. The Kier molecular flexibility index (Phi) is 5.36. The summed E-state index contributed by atoms with van der Waals surface area (Å²) in [5.74, 6) is 1.07. The van der Waals surface area contributed by atoms with Gasteiger partial charge in [-0.2, -0.15) is 5.10 Å². The Balaban J connectivity index is 2.35. The molecule has 1 fully saturated rings. The van der Waals surface area contributed by atoms with E-state index in [9.17, 15) is 4.79 Å². The lowest BCUT2D eigenvalue weighted by Gasteiger charge is -2.31. The van der Waals surface area contributed by atoms with Gasteiger partial charge in [-0.15, -0.1) is 0 Å². The molecule has 0 spiro atoms. The molecule has 0 radical (unpaired) electrons. The van der Waals surface area contributed by atoms with E-state index in [0.717, 1.165) is 24.5 Å². The molecule has 0 saturated heterocycles. The first-order valence-electron chi connectivity index (χ1n) is 7.08. The van der Waals surface area contributed by atoms with Crippen molar-refractivity contribution in [2.45, 2.75) is 66.7 Å². The average Bonchev–Trinajstić information content (AvgIpc) is 2.24. The summed E-state index contributed by atoms with van der Waals surface area (Å²) < 4.78 is 0. The molecule has 0 aromatic heterocycles. The van der Waals surface area contributed by atoms with Crippen molar-refractivity contribution in [2.75, 3.05) is 0 Å². The van der Waals surface area contributed by atoms with Crippen LogP contribution in [-0.2, 0) is 4.79 Å². The molecule has 0 bridgehead atoms. The molecule has 1 N–H and O–H groups in total. The minimum atomic E-state index is 0.102. The van der Waals surface area contributed by atoms with Crippen molar-refractivity contribution in [1.29, 1.82) is 0 Å². The maximum atomic E-state index is 11.9. The van der Waals surface area contributed by atoms with Crippen molar-refractivity contribution < 1.29 is 4.79 Å². The van der Waals surface area contributed by atoms with E-state index in [1.807, 2.05) is 13.8 Å². The molecule has 1 amide bonds. The van der Waals surface area contributed by atoms with E-state index >= 15 is 0 Å². The highest BCUT2D eigenvalue weighted by molar-refractivity contribution is 5.83. The SMILES string of the molecule is CC(C)=NNC(=O)C1CCC(CC(C)(C)C)CC1. The second-order valence-electron chi connectivity index (χ2n) is 7.02. The zero-order valence-electron chi connectivity index (χ0n) is 12.5. The predicted molar refractivity (Wildman–Crippen MR) is 76.4 cm³/mol. The second kappa shape index (κ2) is 6.35. The summed E-state index contributed by atoms with van der Waals surface area (Å²) >= 11 is 0. The van der Waals surface area contributed by atoms with E-state index < -0.39 is 0 Å². The number of hydrazone groups is 1. The summed E-state index contributed by atoms with van der Waals surface area (Å²) in [6.07, 6.45) is 5.68. The Morgan fingerprint density at radius 2 is 1.72 bits per heavy atom. The summed E-state index contributed by atoms with van der Waals surface area (Å²) in [4.78, 5) is 11.9. The van der Waals surface area contributed by atoms with Gasteiger partial charge in [-0.25, -0.2) is 5.43 Å². The molecule has 1 saturated carbocycles. The van der Waals surface area contributed by atoms with E-state index in [-0.39, 0.29) is 11.8 Å². The van der Waals surface area contributed by atoms with Gasteiger partial charge >= 0.3 is 0 Å². The van der Waals surface area contributed by atoms with Crippen LogP contribution in [0.4, 0.5) is 0 Å². The summed E-state index contributed by atoms with van der Waals surface area (Å²) in [6, 6.07) is 0. The number of amides is 1. The highest BCUT2D eigenvalue weighted by atomic mass is 16.2. The third-order valence-electron chi connectivity index (χ3n) is 3.51. The Labute approximate surface area is 111 Å². The van der Waals surface area contributed by atoms with Crippen LogP contribution in [0, 0.1) is 17.3 Å². The third-order valence-corrected chi connectivity index (χ3v) is 3.51. The van der Waals surface area contributed by atoms with Crippen LogP contribution in [0.15, 0.2) is 5.10 Å².